The van der Waals surface area contributed by atoms with Gasteiger partial charge in [-0.3, -0.25) is 4.52 Å². The topological polar surface area (TPSA) is 76.0 Å². The standard InChI is InChI=1S/C17H37O5PS/c1-4-6-7-8-9-10-11-13-17(5-2)24-16(3)21-14-12-15-22-23(18,19)20/h16-17H,4-15H2,1-3H3,(H2,18,19,20). The molecule has 0 aliphatic rings. The molecule has 0 amide bonds. The van der Waals surface area contributed by atoms with E-state index in [0.717, 1.165) is 6.42 Å². The summed E-state index contributed by atoms with van der Waals surface area (Å²) in [5.74, 6) is 0. The number of unbranched alkanes of at least 4 members (excludes halogenated alkanes) is 6. The summed E-state index contributed by atoms with van der Waals surface area (Å²) in [5, 5.41) is 0.627. The van der Waals surface area contributed by atoms with Crippen LogP contribution in [0.4, 0.5) is 0 Å². The van der Waals surface area contributed by atoms with Crippen LogP contribution in [0, 0.1) is 0 Å². The largest absolute Gasteiger partial charge is 0.469 e. The molecule has 0 fully saturated rings. The Balaban J connectivity index is 3.61. The van der Waals surface area contributed by atoms with Crippen molar-refractivity contribution in [3.05, 3.63) is 0 Å². The summed E-state index contributed by atoms with van der Waals surface area (Å²) < 4.78 is 20.6. The molecule has 0 bridgehead atoms. The van der Waals surface area contributed by atoms with Gasteiger partial charge in [-0.1, -0.05) is 58.8 Å². The van der Waals surface area contributed by atoms with Crippen LogP contribution in [0.15, 0.2) is 0 Å². The lowest BCUT2D eigenvalue weighted by Gasteiger charge is -2.20. The van der Waals surface area contributed by atoms with E-state index >= 15 is 0 Å². The molecule has 0 aromatic carbocycles. The quantitative estimate of drug-likeness (QED) is 0.196. The van der Waals surface area contributed by atoms with Gasteiger partial charge in [0.25, 0.3) is 0 Å². The van der Waals surface area contributed by atoms with E-state index in [2.05, 4.69) is 18.4 Å². The molecule has 2 atom stereocenters. The lowest BCUT2D eigenvalue weighted by Crippen LogP contribution is -2.12. The second-order valence-electron chi connectivity index (χ2n) is 6.19. The fourth-order valence-electron chi connectivity index (χ4n) is 2.50. The van der Waals surface area contributed by atoms with Gasteiger partial charge in [0.05, 0.1) is 13.2 Å². The summed E-state index contributed by atoms with van der Waals surface area (Å²) in [5.41, 5.74) is 0.106. The van der Waals surface area contributed by atoms with E-state index in [1.54, 1.807) is 0 Å². The van der Waals surface area contributed by atoms with Gasteiger partial charge in [-0.05, 0) is 26.2 Å². The molecule has 0 aliphatic heterocycles. The molecule has 2 N–H and O–H groups in total. The average molecular weight is 385 g/mol. The molecule has 0 saturated heterocycles. The van der Waals surface area contributed by atoms with Gasteiger partial charge in [0, 0.05) is 5.25 Å². The maximum Gasteiger partial charge on any atom is 0.469 e. The molecule has 146 valence electrons. The first kappa shape index (κ1) is 24.4. The van der Waals surface area contributed by atoms with Gasteiger partial charge in [-0.15, -0.1) is 11.8 Å². The Hall–Kier alpha value is 0.420. The van der Waals surface area contributed by atoms with E-state index in [4.69, 9.17) is 14.5 Å². The van der Waals surface area contributed by atoms with E-state index in [1.165, 1.54) is 51.4 Å². The molecule has 0 saturated carbocycles. The van der Waals surface area contributed by atoms with Crippen molar-refractivity contribution in [1.82, 2.24) is 0 Å². The van der Waals surface area contributed by atoms with Crippen LogP contribution in [0.2, 0.25) is 0 Å². The molecule has 0 radical (unpaired) electrons. The predicted octanol–water partition coefficient (Wildman–Crippen LogP) is 5.50. The molecule has 0 heterocycles. The third-order valence-corrected chi connectivity index (χ3v) is 5.86. The van der Waals surface area contributed by atoms with Gasteiger partial charge in [-0.25, -0.2) is 4.57 Å². The summed E-state index contributed by atoms with van der Waals surface area (Å²) in [6, 6.07) is 0. The van der Waals surface area contributed by atoms with E-state index in [0.29, 0.717) is 18.3 Å². The molecule has 0 spiro atoms. The molecule has 7 heteroatoms. The van der Waals surface area contributed by atoms with Gasteiger partial charge < -0.3 is 14.5 Å². The van der Waals surface area contributed by atoms with E-state index < -0.39 is 7.82 Å². The Morgan fingerprint density at radius 2 is 1.58 bits per heavy atom. The summed E-state index contributed by atoms with van der Waals surface area (Å²) >= 11 is 1.86. The third kappa shape index (κ3) is 17.2. The molecular formula is C17H37O5PS. The monoisotopic (exact) mass is 384 g/mol. The SMILES string of the molecule is CCCCCCCCCC(CC)SC(C)OCCCOP(=O)(O)O. The second kappa shape index (κ2) is 15.7. The first-order valence-electron chi connectivity index (χ1n) is 9.36. The first-order valence-corrected chi connectivity index (χ1v) is 11.8. The first-order chi connectivity index (χ1) is 11.4. The zero-order valence-corrected chi connectivity index (χ0v) is 17.3. The third-order valence-electron chi connectivity index (χ3n) is 3.87. The van der Waals surface area contributed by atoms with Crippen LogP contribution in [0.5, 0.6) is 0 Å². The van der Waals surface area contributed by atoms with E-state index in [1.807, 2.05) is 18.7 Å². The predicted molar refractivity (Wildman–Crippen MR) is 102 cm³/mol. The van der Waals surface area contributed by atoms with Gasteiger partial charge in [0.2, 0.25) is 0 Å². The summed E-state index contributed by atoms with van der Waals surface area (Å²) in [6.07, 6.45) is 12.3. The minimum Gasteiger partial charge on any atom is -0.368 e. The number of hydrogen-bond acceptors (Lipinski definition) is 4. The van der Waals surface area contributed by atoms with Crippen LogP contribution in [-0.2, 0) is 13.8 Å². The number of hydrogen-bond donors (Lipinski definition) is 2. The number of rotatable bonds is 17. The fraction of sp³-hybridized carbons (Fsp3) is 1.00. The minimum atomic E-state index is -4.34. The maximum absolute atomic E-state index is 10.5. The highest BCUT2D eigenvalue weighted by atomic mass is 32.2. The van der Waals surface area contributed by atoms with Crippen molar-refractivity contribution < 1.29 is 23.6 Å². The Morgan fingerprint density at radius 3 is 2.17 bits per heavy atom. The van der Waals surface area contributed by atoms with Crippen LogP contribution in [0.3, 0.4) is 0 Å². The molecule has 0 aromatic heterocycles. The molecule has 0 aliphatic carbocycles. The highest BCUT2D eigenvalue weighted by molar-refractivity contribution is 8.00. The molecule has 24 heavy (non-hydrogen) atoms. The fourth-order valence-corrected chi connectivity index (χ4v) is 4.08. The van der Waals surface area contributed by atoms with Crippen molar-refractivity contribution in [3.63, 3.8) is 0 Å². The lowest BCUT2D eigenvalue weighted by molar-refractivity contribution is 0.103. The van der Waals surface area contributed by atoms with Crippen LogP contribution < -0.4 is 0 Å². The average Bonchev–Trinajstić information content (AvgIpc) is 2.51. The van der Waals surface area contributed by atoms with Crippen molar-refractivity contribution in [3.8, 4) is 0 Å². The number of ether oxygens (including phenoxy) is 1. The molecule has 0 rings (SSSR count). The normalized spacial score (nSPS) is 14.7. The summed E-state index contributed by atoms with van der Waals surface area (Å²) in [6.45, 7) is 7.00. The number of phosphoric acid groups is 1. The van der Waals surface area contributed by atoms with Crippen molar-refractivity contribution >= 4 is 19.6 Å². The number of phosphoric ester groups is 1. The van der Waals surface area contributed by atoms with Gasteiger partial charge in [0.15, 0.2) is 0 Å². The molecule has 5 nitrogen and oxygen atoms in total. The second-order valence-corrected chi connectivity index (χ2v) is 9.03. The molecular weight excluding hydrogens is 347 g/mol. The van der Waals surface area contributed by atoms with Crippen LogP contribution in [0.1, 0.15) is 85.0 Å². The van der Waals surface area contributed by atoms with Crippen molar-refractivity contribution in [2.45, 2.75) is 95.7 Å². The molecule has 2 unspecified atom stereocenters. The zero-order valence-electron chi connectivity index (χ0n) is 15.6. The van der Waals surface area contributed by atoms with Gasteiger partial charge >= 0.3 is 7.82 Å². The Kier molecular flexibility index (Phi) is 15.9. The Morgan fingerprint density at radius 1 is 0.958 bits per heavy atom. The van der Waals surface area contributed by atoms with E-state index in [9.17, 15) is 4.57 Å². The highest BCUT2D eigenvalue weighted by Crippen LogP contribution is 2.35. The van der Waals surface area contributed by atoms with Crippen LogP contribution in [0.25, 0.3) is 0 Å². The van der Waals surface area contributed by atoms with Gasteiger partial charge in [-0.2, -0.15) is 0 Å². The molecule has 0 aromatic rings. The smallest absolute Gasteiger partial charge is 0.368 e. The highest BCUT2D eigenvalue weighted by Gasteiger charge is 2.14. The van der Waals surface area contributed by atoms with Crippen molar-refractivity contribution in [1.29, 1.82) is 0 Å². The number of thioether (sulfide) groups is 1. The zero-order chi connectivity index (χ0) is 18.3. The Labute approximate surface area is 152 Å². The van der Waals surface area contributed by atoms with E-state index in [-0.39, 0.29) is 12.0 Å². The lowest BCUT2D eigenvalue weighted by atomic mass is 10.1. The van der Waals surface area contributed by atoms with Crippen LogP contribution in [-0.4, -0.2) is 33.7 Å². The Bertz CT molecular complexity index is 324. The summed E-state index contributed by atoms with van der Waals surface area (Å²) in [4.78, 5) is 17.2. The van der Waals surface area contributed by atoms with Crippen molar-refractivity contribution in [2.24, 2.45) is 0 Å². The summed E-state index contributed by atoms with van der Waals surface area (Å²) in [7, 11) is -4.34. The van der Waals surface area contributed by atoms with Crippen molar-refractivity contribution in [2.75, 3.05) is 13.2 Å². The maximum atomic E-state index is 10.5. The minimum absolute atomic E-state index is 0.0247. The van der Waals surface area contributed by atoms with Gasteiger partial charge in [0.1, 0.15) is 5.44 Å². The van der Waals surface area contributed by atoms with Crippen LogP contribution >= 0.6 is 19.6 Å².